The molecule has 5 heteroatoms. The maximum Gasteiger partial charge on any atom is 0.147 e. The Labute approximate surface area is 112 Å². The first-order valence-electron chi connectivity index (χ1n) is 6.32. The molecule has 1 aromatic heterocycles. The van der Waals surface area contributed by atoms with Crippen LogP contribution in [-0.2, 0) is 6.54 Å². The second-order valence-corrected chi connectivity index (χ2v) is 4.20. The summed E-state index contributed by atoms with van der Waals surface area (Å²) >= 11 is 0. The van der Waals surface area contributed by atoms with Gasteiger partial charge in [-0.3, -0.25) is 4.98 Å². The van der Waals surface area contributed by atoms with Crippen molar-refractivity contribution in [3.63, 3.8) is 0 Å². The number of aromatic nitrogens is 2. The van der Waals surface area contributed by atoms with Gasteiger partial charge < -0.3 is 10.6 Å². The minimum atomic E-state index is -0.227. The van der Waals surface area contributed by atoms with Crippen LogP contribution in [-0.4, -0.2) is 16.5 Å². The van der Waals surface area contributed by atoms with Crippen molar-refractivity contribution in [3.05, 3.63) is 48.0 Å². The van der Waals surface area contributed by atoms with E-state index in [2.05, 4.69) is 27.5 Å². The number of nitrogens with zero attached hydrogens (tertiary/aromatic N) is 2. The van der Waals surface area contributed by atoms with E-state index in [1.165, 1.54) is 12.1 Å². The zero-order valence-electron chi connectivity index (χ0n) is 10.9. The van der Waals surface area contributed by atoms with Gasteiger partial charge in [0, 0.05) is 13.1 Å². The average Bonchev–Trinajstić information content (AvgIpc) is 2.45. The molecular formula is C14H17FN4. The van der Waals surface area contributed by atoms with Gasteiger partial charge in [0.15, 0.2) is 0 Å². The summed E-state index contributed by atoms with van der Waals surface area (Å²) < 4.78 is 12.8. The predicted molar refractivity (Wildman–Crippen MR) is 74.5 cm³/mol. The van der Waals surface area contributed by atoms with Crippen LogP contribution in [0, 0.1) is 5.82 Å². The number of benzene rings is 1. The minimum Gasteiger partial charge on any atom is -0.369 e. The van der Waals surface area contributed by atoms with E-state index in [9.17, 15) is 4.39 Å². The highest BCUT2D eigenvalue weighted by Gasteiger charge is 1.99. The van der Waals surface area contributed by atoms with Crippen molar-refractivity contribution < 1.29 is 4.39 Å². The number of hydrogen-bond donors (Lipinski definition) is 2. The van der Waals surface area contributed by atoms with Crippen molar-refractivity contribution >= 4 is 11.6 Å². The van der Waals surface area contributed by atoms with Gasteiger partial charge in [0.2, 0.25) is 0 Å². The van der Waals surface area contributed by atoms with Crippen LogP contribution in [0.15, 0.2) is 36.7 Å². The van der Waals surface area contributed by atoms with Gasteiger partial charge in [0.1, 0.15) is 17.5 Å². The fraction of sp³-hybridized carbons (Fsp3) is 0.286. The van der Waals surface area contributed by atoms with Gasteiger partial charge in [-0.05, 0) is 24.1 Å². The lowest BCUT2D eigenvalue weighted by Crippen LogP contribution is -2.06. The largest absolute Gasteiger partial charge is 0.369 e. The number of rotatable bonds is 6. The highest BCUT2D eigenvalue weighted by Crippen LogP contribution is 2.09. The summed E-state index contributed by atoms with van der Waals surface area (Å²) in [5.41, 5.74) is 0.995. The number of hydrogen-bond acceptors (Lipinski definition) is 4. The monoisotopic (exact) mass is 260 g/mol. The lowest BCUT2D eigenvalue weighted by atomic mass is 10.2. The van der Waals surface area contributed by atoms with Gasteiger partial charge in [-0.25, -0.2) is 9.37 Å². The van der Waals surface area contributed by atoms with Crippen LogP contribution >= 0.6 is 0 Å². The summed E-state index contributed by atoms with van der Waals surface area (Å²) in [6.07, 6.45) is 4.40. The van der Waals surface area contributed by atoms with Crippen LogP contribution < -0.4 is 10.6 Å². The average molecular weight is 260 g/mol. The Balaban J connectivity index is 1.93. The lowest BCUT2D eigenvalue weighted by molar-refractivity contribution is 0.627. The highest BCUT2D eigenvalue weighted by molar-refractivity contribution is 5.41. The maximum atomic E-state index is 12.8. The fourth-order valence-electron chi connectivity index (χ4n) is 1.58. The van der Waals surface area contributed by atoms with Gasteiger partial charge >= 0.3 is 0 Å². The smallest absolute Gasteiger partial charge is 0.147 e. The first-order chi connectivity index (χ1) is 9.28. The molecule has 0 bridgehead atoms. The van der Waals surface area contributed by atoms with Crippen molar-refractivity contribution in [3.8, 4) is 0 Å². The SMILES string of the molecule is CCCNc1cncc(NCc2ccc(F)cc2)n1. The summed E-state index contributed by atoms with van der Waals surface area (Å²) in [6.45, 7) is 3.55. The van der Waals surface area contributed by atoms with Crippen LogP contribution in [0.1, 0.15) is 18.9 Å². The molecule has 0 amide bonds. The molecule has 0 aliphatic rings. The Morgan fingerprint density at radius 3 is 2.42 bits per heavy atom. The first-order valence-corrected chi connectivity index (χ1v) is 6.32. The summed E-state index contributed by atoms with van der Waals surface area (Å²) in [5.74, 6) is 1.23. The Kier molecular flexibility index (Phi) is 4.66. The Hall–Kier alpha value is -2.17. The topological polar surface area (TPSA) is 49.8 Å². The van der Waals surface area contributed by atoms with Gasteiger partial charge in [0.25, 0.3) is 0 Å². The molecule has 0 radical (unpaired) electrons. The highest BCUT2D eigenvalue weighted by atomic mass is 19.1. The van der Waals surface area contributed by atoms with Crippen LogP contribution in [0.5, 0.6) is 0 Å². The van der Waals surface area contributed by atoms with E-state index in [1.54, 1.807) is 24.5 Å². The molecule has 100 valence electrons. The van der Waals surface area contributed by atoms with E-state index >= 15 is 0 Å². The summed E-state index contributed by atoms with van der Waals surface area (Å²) in [6, 6.07) is 6.38. The van der Waals surface area contributed by atoms with E-state index in [0.29, 0.717) is 12.4 Å². The molecule has 0 atom stereocenters. The molecule has 0 spiro atoms. The predicted octanol–water partition coefficient (Wildman–Crippen LogP) is 3.05. The molecule has 2 rings (SSSR count). The summed E-state index contributed by atoms with van der Waals surface area (Å²) in [4.78, 5) is 8.50. The van der Waals surface area contributed by atoms with Crippen LogP contribution in [0.3, 0.4) is 0 Å². The molecule has 1 heterocycles. The van der Waals surface area contributed by atoms with Crippen molar-refractivity contribution in [1.82, 2.24) is 9.97 Å². The van der Waals surface area contributed by atoms with E-state index in [1.807, 2.05) is 0 Å². The molecule has 0 unspecified atom stereocenters. The van der Waals surface area contributed by atoms with Gasteiger partial charge in [-0.15, -0.1) is 0 Å². The van der Waals surface area contributed by atoms with Gasteiger partial charge in [0.05, 0.1) is 12.4 Å². The summed E-state index contributed by atoms with van der Waals surface area (Å²) in [7, 11) is 0. The lowest BCUT2D eigenvalue weighted by Gasteiger charge is -2.08. The van der Waals surface area contributed by atoms with Crippen LogP contribution in [0.25, 0.3) is 0 Å². The molecule has 2 aromatic rings. The third-order valence-corrected chi connectivity index (χ3v) is 2.58. The van der Waals surface area contributed by atoms with Crippen LogP contribution in [0.2, 0.25) is 0 Å². The standard InChI is InChI=1S/C14H17FN4/c1-2-7-17-13-9-16-10-14(19-13)18-8-11-3-5-12(15)6-4-11/h3-6,9-10H,2,7-8H2,1H3,(H2,17,18,19). The zero-order valence-corrected chi connectivity index (χ0v) is 10.9. The van der Waals surface area contributed by atoms with Crippen molar-refractivity contribution in [1.29, 1.82) is 0 Å². The van der Waals surface area contributed by atoms with E-state index in [0.717, 1.165) is 24.3 Å². The molecule has 0 aliphatic carbocycles. The van der Waals surface area contributed by atoms with Crippen molar-refractivity contribution in [2.45, 2.75) is 19.9 Å². The molecule has 4 nitrogen and oxygen atoms in total. The van der Waals surface area contributed by atoms with Crippen molar-refractivity contribution in [2.24, 2.45) is 0 Å². The Morgan fingerprint density at radius 2 is 1.74 bits per heavy atom. The second kappa shape index (κ2) is 6.68. The normalized spacial score (nSPS) is 10.2. The third kappa shape index (κ3) is 4.21. The molecule has 0 saturated carbocycles. The molecular weight excluding hydrogens is 243 g/mol. The summed E-state index contributed by atoms with van der Waals surface area (Å²) in [5, 5.41) is 6.34. The number of halogens is 1. The molecule has 1 aromatic carbocycles. The number of anilines is 2. The fourth-order valence-corrected chi connectivity index (χ4v) is 1.58. The molecule has 0 aliphatic heterocycles. The first kappa shape index (κ1) is 13.3. The van der Waals surface area contributed by atoms with E-state index in [4.69, 9.17) is 0 Å². The maximum absolute atomic E-state index is 12.8. The molecule has 2 N–H and O–H groups in total. The molecule has 0 saturated heterocycles. The van der Waals surface area contributed by atoms with Gasteiger partial charge in [-0.1, -0.05) is 19.1 Å². The molecule has 0 fully saturated rings. The molecule has 19 heavy (non-hydrogen) atoms. The second-order valence-electron chi connectivity index (χ2n) is 4.20. The van der Waals surface area contributed by atoms with Crippen molar-refractivity contribution in [2.75, 3.05) is 17.2 Å². The zero-order chi connectivity index (χ0) is 13.5. The van der Waals surface area contributed by atoms with Gasteiger partial charge in [-0.2, -0.15) is 0 Å². The Morgan fingerprint density at radius 1 is 1.05 bits per heavy atom. The third-order valence-electron chi connectivity index (χ3n) is 2.58. The van der Waals surface area contributed by atoms with E-state index < -0.39 is 0 Å². The van der Waals surface area contributed by atoms with E-state index in [-0.39, 0.29) is 5.82 Å². The quantitative estimate of drug-likeness (QED) is 0.838. The minimum absolute atomic E-state index is 0.227. The Bertz CT molecular complexity index is 513. The van der Waals surface area contributed by atoms with Crippen LogP contribution in [0.4, 0.5) is 16.0 Å². The number of nitrogens with one attached hydrogen (secondary N) is 2.